The molecule has 2 aromatic rings. The number of aliphatic hydroxyl groups excluding tert-OH is 2. The molecule has 38 heavy (non-hydrogen) atoms. The van der Waals surface area contributed by atoms with Gasteiger partial charge in [-0.25, -0.2) is 9.59 Å². The van der Waals surface area contributed by atoms with Crippen LogP contribution in [0, 0.1) is 5.92 Å². The summed E-state index contributed by atoms with van der Waals surface area (Å²) in [5.41, 5.74) is 7.56. The molecule has 3 heterocycles. The lowest BCUT2D eigenvalue weighted by Crippen LogP contribution is -2.41. The number of aromatic nitrogens is 1. The zero-order valence-corrected chi connectivity index (χ0v) is 21.5. The number of piperidine rings is 1. The topological polar surface area (TPSA) is 196 Å². The molecule has 208 valence electrons. The Balaban J connectivity index is 0.000000342. The molecule has 1 amide bonds. The van der Waals surface area contributed by atoms with Crippen LogP contribution in [0.4, 0.5) is 5.69 Å². The van der Waals surface area contributed by atoms with E-state index in [4.69, 9.17) is 42.5 Å². The van der Waals surface area contributed by atoms with E-state index < -0.39 is 24.1 Å². The van der Waals surface area contributed by atoms with E-state index in [-0.39, 0.29) is 5.91 Å². The van der Waals surface area contributed by atoms with Gasteiger partial charge in [0, 0.05) is 31.3 Å². The minimum absolute atomic E-state index is 0.146. The van der Waals surface area contributed by atoms with Gasteiger partial charge in [0.05, 0.1) is 27.9 Å². The van der Waals surface area contributed by atoms with Crippen molar-refractivity contribution in [1.82, 2.24) is 15.2 Å². The molecule has 0 radical (unpaired) electrons. The molecule has 3 unspecified atom stereocenters. The summed E-state index contributed by atoms with van der Waals surface area (Å²) >= 11 is 6.22. The first-order valence-electron chi connectivity index (χ1n) is 12.3. The Labute approximate surface area is 224 Å². The van der Waals surface area contributed by atoms with Crippen LogP contribution in [-0.2, 0) is 14.3 Å². The SMILES string of the molecule is Nc1c(Cl)cc(C(=O)NCC2CCN(CC3CCCO3)CC2)c2ncccc12.O=C(O)C(O)C(O)C(=O)O. The van der Waals surface area contributed by atoms with Gasteiger partial charge in [-0.15, -0.1) is 0 Å². The van der Waals surface area contributed by atoms with Gasteiger partial charge < -0.3 is 41.1 Å². The van der Waals surface area contributed by atoms with Crippen molar-refractivity contribution in [1.29, 1.82) is 0 Å². The number of likely N-dealkylation sites (tertiary alicyclic amines) is 1. The van der Waals surface area contributed by atoms with E-state index in [9.17, 15) is 14.4 Å². The molecule has 12 nitrogen and oxygen atoms in total. The van der Waals surface area contributed by atoms with E-state index in [2.05, 4.69) is 15.2 Å². The fourth-order valence-electron chi connectivity index (χ4n) is 4.46. The second-order valence-corrected chi connectivity index (χ2v) is 9.78. The molecule has 0 bridgehead atoms. The average molecular weight is 553 g/mol. The van der Waals surface area contributed by atoms with Gasteiger partial charge in [-0.3, -0.25) is 9.78 Å². The molecule has 2 saturated heterocycles. The van der Waals surface area contributed by atoms with Crippen molar-refractivity contribution in [2.75, 3.05) is 38.5 Å². The summed E-state index contributed by atoms with van der Waals surface area (Å²) in [7, 11) is 0. The van der Waals surface area contributed by atoms with Crippen LogP contribution in [0.15, 0.2) is 24.4 Å². The van der Waals surface area contributed by atoms with Crippen LogP contribution in [-0.4, -0.2) is 99.3 Å². The number of nitrogen functional groups attached to an aromatic ring is 1. The zero-order valence-electron chi connectivity index (χ0n) is 20.8. The number of fused-ring (bicyclic) bond motifs is 1. The summed E-state index contributed by atoms with van der Waals surface area (Å²) in [6.07, 6.45) is 2.09. The Kier molecular flexibility index (Phi) is 10.6. The number of nitrogens with two attached hydrogens (primary N) is 1. The number of hydrogen-bond acceptors (Lipinski definition) is 9. The smallest absolute Gasteiger partial charge is 0.335 e. The van der Waals surface area contributed by atoms with Crippen LogP contribution < -0.4 is 11.1 Å². The highest BCUT2D eigenvalue weighted by atomic mass is 35.5. The number of anilines is 1. The molecule has 1 aromatic heterocycles. The van der Waals surface area contributed by atoms with E-state index in [0.29, 0.717) is 45.7 Å². The number of benzene rings is 1. The third kappa shape index (κ3) is 7.74. The Morgan fingerprint density at radius 2 is 1.82 bits per heavy atom. The normalized spacial score (nSPS) is 19.8. The summed E-state index contributed by atoms with van der Waals surface area (Å²) in [5, 5.41) is 36.7. The van der Waals surface area contributed by atoms with Crippen molar-refractivity contribution in [3.63, 3.8) is 0 Å². The largest absolute Gasteiger partial charge is 0.479 e. The quantitative estimate of drug-likeness (QED) is 0.255. The number of pyridine rings is 1. The van der Waals surface area contributed by atoms with E-state index >= 15 is 0 Å². The predicted octanol–water partition coefficient (Wildman–Crippen LogP) is 0.969. The number of nitrogens with one attached hydrogen (secondary N) is 1. The summed E-state index contributed by atoms with van der Waals surface area (Å²) < 4.78 is 5.74. The maximum Gasteiger partial charge on any atom is 0.335 e. The maximum atomic E-state index is 12.8. The number of halogens is 1. The lowest BCUT2D eigenvalue weighted by Gasteiger charge is -2.33. The number of carboxylic acids is 2. The van der Waals surface area contributed by atoms with Crippen LogP contribution in [0.5, 0.6) is 0 Å². The van der Waals surface area contributed by atoms with Crippen LogP contribution in [0.2, 0.25) is 5.02 Å². The molecule has 2 fully saturated rings. The molecule has 3 atom stereocenters. The summed E-state index contributed by atoms with van der Waals surface area (Å²) in [6.45, 7) is 4.76. The average Bonchev–Trinajstić information content (AvgIpc) is 3.42. The number of hydrogen-bond donors (Lipinski definition) is 6. The van der Waals surface area contributed by atoms with E-state index in [1.807, 2.05) is 6.07 Å². The number of carbonyl (C=O) groups excluding carboxylic acids is 1. The predicted molar refractivity (Wildman–Crippen MR) is 139 cm³/mol. The number of carbonyl (C=O) groups is 3. The number of carboxylic acid groups (broad SMARTS) is 2. The van der Waals surface area contributed by atoms with E-state index in [0.717, 1.165) is 39.1 Å². The minimum atomic E-state index is -2.27. The van der Waals surface area contributed by atoms with Crippen molar-refractivity contribution < 1.29 is 39.5 Å². The molecule has 1 aromatic carbocycles. The summed E-state index contributed by atoms with van der Waals surface area (Å²) in [4.78, 5) is 39.2. The Bertz CT molecular complexity index is 1120. The highest BCUT2D eigenvalue weighted by molar-refractivity contribution is 6.35. The van der Waals surface area contributed by atoms with Crippen LogP contribution in [0.1, 0.15) is 36.0 Å². The standard InChI is InChI=1S/C21H27ClN4O2.C4H6O6/c22-18-11-17(20-16(19(18)23)4-1-7-24-20)21(27)25-12-14-5-8-26(9-6-14)13-15-3-2-10-28-15;5-1(3(7)8)2(6)4(9)10/h1,4,7,11,14-15H,2-3,5-6,8-10,12-13,23H2,(H,25,27);1-2,5-6H,(H,7,8)(H,9,10). The second kappa shape index (κ2) is 13.7. The first kappa shape index (κ1) is 29.5. The van der Waals surface area contributed by atoms with Crippen molar-refractivity contribution in [3.05, 3.63) is 35.0 Å². The molecule has 2 aliphatic rings. The van der Waals surface area contributed by atoms with E-state index in [1.165, 1.54) is 12.8 Å². The molecule has 2 aliphatic heterocycles. The number of ether oxygens (including phenoxy) is 1. The van der Waals surface area contributed by atoms with Gasteiger partial charge in [-0.2, -0.15) is 0 Å². The number of nitrogens with zero attached hydrogens (tertiary/aromatic N) is 2. The van der Waals surface area contributed by atoms with Gasteiger partial charge in [0.2, 0.25) is 0 Å². The van der Waals surface area contributed by atoms with Crippen molar-refractivity contribution in [3.8, 4) is 0 Å². The molecule has 0 saturated carbocycles. The van der Waals surface area contributed by atoms with Gasteiger partial charge >= 0.3 is 11.9 Å². The van der Waals surface area contributed by atoms with Gasteiger partial charge in [-0.05, 0) is 62.9 Å². The highest BCUT2D eigenvalue weighted by Gasteiger charge is 2.29. The number of aliphatic carboxylic acids is 2. The summed E-state index contributed by atoms with van der Waals surface area (Å²) in [5.74, 6) is -3.19. The second-order valence-electron chi connectivity index (χ2n) is 9.37. The zero-order chi connectivity index (χ0) is 27.8. The first-order valence-corrected chi connectivity index (χ1v) is 12.7. The summed E-state index contributed by atoms with van der Waals surface area (Å²) in [6, 6.07) is 5.25. The molecule has 4 rings (SSSR count). The van der Waals surface area contributed by atoms with Gasteiger partial charge in [0.25, 0.3) is 5.91 Å². The fourth-order valence-corrected chi connectivity index (χ4v) is 4.67. The molecule has 13 heteroatoms. The molecular weight excluding hydrogens is 520 g/mol. The lowest BCUT2D eigenvalue weighted by molar-refractivity contribution is -0.165. The Morgan fingerprint density at radius 1 is 1.16 bits per heavy atom. The van der Waals surface area contributed by atoms with Crippen LogP contribution >= 0.6 is 11.6 Å². The third-order valence-electron chi connectivity index (χ3n) is 6.68. The maximum absolute atomic E-state index is 12.8. The van der Waals surface area contributed by atoms with Crippen LogP contribution in [0.25, 0.3) is 10.9 Å². The van der Waals surface area contributed by atoms with Crippen molar-refractivity contribution >= 4 is 46.0 Å². The number of aliphatic hydroxyl groups is 2. The van der Waals surface area contributed by atoms with Crippen molar-refractivity contribution in [2.24, 2.45) is 5.92 Å². The van der Waals surface area contributed by atoms with Crippen molar-refractivity contribution in [2.45, 2.75) is 44.0 Å². The number of rotatable bonds is 8. The van der Waals surface area contributed by atoms with E-state index in [1.54, 1.807) is 18.3 Å². The third-order valence-corrected chi connectivity index (χ3v) is 6.99. The lowest BCUT2D eigenvalue weighted by atomic mass is 9.96. The molecule has 0 spiro atoms. The Morgan fingerprint density at radius 3 is 2.39 bits per heavy atom. The van der Waals surface area contributed by atoms with Crippen LogP contribution in [0.3, 0.4) is 0 Å². The van der Waals surface area contributed by atoms with Gasteiger partial charge in [0.15, 0.2) is 12.2 Å². The molecular formula is C25H33ClN4O8. The van der Waals surface area contributed by atoms with Gasteiger partial charge in [-0.1, -0.05) is 11.6 Å². The molecule has 7 N–H and O–H groups in total. The number of amides is 1. The highest BCUT2D eigenvalue weighted by Crippen LogP contribution is 2.30. The monoisotopic (exact) mass is 552 g/mol. The Hall–Kier alpha value is -3.03. The minimum Gasteiger partial charge on any atom is -0.479 e. The first-order chi connectivity index (χ1) is 18.1. The van der Waals surface area contributed by atoms with Gasteiger partial charge in [0.1, 0.15) is 0 Å². The fraction of sp³-hybridized carbons (Fsp3) is 0.520. The molecule has 0 aliphatic carbocycles.